The fourth-order valence-corrected chi connectivity index (χ4v) is 1.48. The van der Waals surface area contributed by atoms with Gasteiger partial charge in [0.05, 0.1) is 12.7 Å². The Morgan fingerprint density at radius 2 is 2.00 bits per heavy atom. The van der Waals surface area contributed by atoms with Crippen molar-refractivity contribution in [1.29, 1.82) is 0 Å². The van der Waals surface area contributed by atoms with Crippen molar-refractivity contribution in [1.82, 2.24) is 0 Å². The molecule has 0 bridgehead atoms. The van der Waals surface area contributed by atoms with Crippen LogP contribution in [0.1, 0.15) is 15.9 Å². The van der Waals surface area contributed by atoms with E-state index < -0.39 is 10.0 Å². The molecule has 0 heterocycles. The molecule has 1 aromatic rings. The fraction of sp³-hybridized carbons (Fsp3) is 0.308. The van der Waals surface area contributed by atoms with E-state index in [4.69, 9.17) is 0 Å². The Morgan fingerprint density at radius 3 is 2.56 bits per heavy atom. The van der Waals surface area contributed by atoms with Gasteiger partial charge in [0.1, 0.15) is 0 Å². The van der Waals surface area contributed by atoms with Gasteiger partial charge in [0.15, 0.2) is 0 Å². The van der Waals surface area contributed by atoms with Crippen LogP contribution in [0.25, 0.3) is 0 Å². The maximum Gasteiger partial charge on any atom is 0.337 e. The third-order valence-corrected chi connectivity index (χ3v) is 2.50. The predicted octanol–water partition coefficient (Wildman–Crippen LogP) is 2.48. The maximum absolute atomic E-state index is 11.3. The Morgan fingerprint density at radius 1 is 1.31 bits per heavy atom. The largest absolute Gasteiger partial charge is 0.465 e. The van der Waals surface area contributed by atoms with Gasteiger partial charge in [0, 0.05) is 5.56 Å². The van der Waals surface area contributed by atoms with Crippen molar-refractivity contribution in [2.75, 3.05) is 25.9 Å². The van der Waals surface area contributed by atoms with Gasteiger partial charge < -0.3 is 4.74 Å². The molecule has 3 heteroatoms. The predicted molar refractivity (Wildman–Crippen MR) is 70.0 cm³/mol. The number of ether oxygens (including phenoxy) is 1. The van der Waals surface area contributed by atoms with E-state index in [0.717, 1.165) is 5.56 Å². The summed E-state index contributed by atoms with van der Waals surface area (Å²) in [6.07, 6.45) is 6.39. The molecule has 0 spiro atoms. The Labute approximate surface area is 98.3 Å². The van der Waals surface area contributed by atoms with Crippen molar-refractivity contribution in [3.05, 3.63) is 35.4 Å². The number of esters is 1. The molecule has 0 unspecified atom stereocenters. The SMILES string of the molecule is COC(=O)c1cccc(C#CS(C)(C)C)c1. The van der Waals surface area contributed by atoms with Gasteiger partial charge in [0.2, 0.25) is 0 Å². The molecule has 0 radical (unpaired) electrons. The van der Waals surface area contributed by atoms with Gasteiger partial charge in [-0.2, -0.15) is 10.0 Å². The second-order valence-electron chi connectivity index (χ2n) is 4.14. The van der Waals surface area contributed by atoms with Gasteiger partial charge in [0.25, 0.3) is 0 Å². The molecular weight excluding hydrogens is 220 g/mol. The number of hydrogen-bond donors (Lipinski definition) is 0. The minimum Gasteiger partial charge on any atom is -0.465 e. The lowest BCUT2D eigenvalue weighted by molar-refractivity contribution is 0.0600. The molecule has 0 aromatic heterocycles. The van der Waals surface area contributed by atoms with Crippen molar-refractivity contribution in [2.24, 2.45) is 0 Å². The van der Waals surface area contributed by atoms with Crippen molar-refractivity contribution in [2.45, 2.75) is 0 Å². The summed E-state index contributed by atoms with van der Waals surface area (Å²) in [6.45, 7) is 0. The molecule has 2 nitrogen and oxygen atoms in total. The fourth-order valence-electron chi connectivity index (χ4n) is 1.05. The number of rotatable bonds is 1. The van der Waals surface area contributed by atoms with E-state index in [1.165, 1.54) is 7.11 Å². The van der Waals surface area contributed by atoms with Crippen molar-refractivity contribution in [3.8, 4) is 11.2 Å². The molecule has 16 heavy (non-hydrogen) atoms. The number of carbonyl (C=O) groups excluding carboxylic acids is 1. The first-order valence-electron chi connectivity index (χ1n) is 4.82. The number of benzene rings is 1. The Hall–Kier alpha value is -1.40. The van der Waals surface area contributed by atoms with Crippen LogP contribution in [0.5, 0.6) is 0 Å². The van der Waals surface area contributed by atoms with E-state index in [0.29, 0.717) is 5.56 Å². The highest BCUT2D eigenvalue weighted by Crippen LogP contribution is 2.32. The van der Waals surface area contributed by atoms with E-state index in [1.54, 1.807) is 12.1 Å². The molecule has 0 saturated heterocycles. The summed E-state index contributed by atoms with van der Waals surface area (Å²) in [4.78, 5) is 11.3. The Kier molecular flexibility index (Phi) is 4.03. The van der Waals surface area contributed by atoms with E-state index in [1.807, 2.05) is 12.1 Å². The molecule has 0 atom stereocenters. The number of hydrogen-bond acceptors (Lipinski definition) is 2. The van der Waals surface area contributed by atoms with E-state index in [-0.39, 0.29) is 5.97 Å². The van der Waals surface area contributed by atoms with Gasteiger partial charge in [-0.1, -0.05) is 12.0 Å². The summed E-state index contributed by atoms with van der Waals surface area (Å²) in [7, 11) is 0.537. The number of carbonyl (C=O) groups is 1. The van der Waals surface area contributed by atoms with Crippen LogP contribution >= 0.6 is 10.0 Å². The van der Waals surface area contributed by atoms with Crippen molar-refractivity contribution >= 4 is 16.0 Å². The second-order valence-corrected chi connectivity index (χ2v) is 8.01. The minimum atomic E-state index is -0.838. The molecule has 0 saturated carbocycles. The first kappa shape index (κ1) is 12.7. The molecule has 0 aliphatic heterocycles. The van der Waals surface area contributed by atoms with Crippen LogP contribution in [0, 0.1) is 11.2 Å². The molecule has 1 rings (SSSR count). The summed E-state index contributed by atoms with van der Waals surface area (Å²) in [5.74, 6) is 2.76. The molecule has 0 aliphatic rings. The standard InChI is InChI=1S/C13H16O2S/c1-15-13(14)12-7-5-6-11(10-12)8-9-16(2,3)4/h5-7,10H,1-4H3. The zero-order valence-corrected chi connectivity index (χ0v) is 10.9. The summed E-state index contributed by atoms with van der Waals surface area (Å²) in [5.41, 5.74) is 1.39. The van der Waals surface area contributed by atoms with Crippen LogP contribution in [0.15, 0.2) is 24.3 Å². The molecule has 0 N–H and O–H groups in total. The molecule has 0 fully saturated rings. The monoisotopic (exact) mass is 236 g/mol. The van der Waals surface area contributed by atoms with Crippen LogP contribution in [0.4, 0.5) is 0 Å². The third-order valence-electron chi connectivity index (χ3n) is 1.79. The summed E-state index contributed by atoms with van der Waals surface area (Å²) < 4.78 is 4.65. The minimum absolute atomic E-state index is 0.327. The van der Waals surface area contributed by atoms with Gasteiger partial charge in [-0.15, -0.1) is 0 Å². The molecule has 0 amide bonds. The quantitative estimate of drug-likeness (QED) is 0.553. The zero-order valence-electron chi connectivity index (χ0n) is 10.0. The molecule has 1 aromatic carbocycles. The number of methoxy groups -OCH3 is 1. The van der Waals surface area contributed by atoms with Gasteiger partial charge in [-0.25, -0.2) is 4.79 Å². The molecule has 0 aliphatic carbocycles. The average Bonchev–Trinajstić information content (AvgIpc) is 2.25. The lowest BCUT2D eigenvalue weighted by Gasteiger charge is -2.14. The lowest BCUT2D eigenvalue weighted by Crippen LogP contribution is -2.00. The average molecular weight is 236 g/mol. The van der Waals surface area contributed by atoms with Crippen LogP contribution < -0.4 is 0 Å². The summed E-state index contributed by atoms with van der Waals surface area (Å²) >= 11 is 0. The topological polar surface area (TPSA) is 26.3 Å². The van der Waals surface area contributed by atoms with Crippen LogP contribution in [-0.2, 0) is 4.74 Å². The van der Waals surface area contributed by atoms with Crippen LogP contribution in [-0.4, -0.2) is 31.8 Å². The normalized spacial score (nSPS) is 11.2. The van der Waals surface area contributed by atoms with Crippen LogP contribution in [0.3, 0.4) is 0 Å². The highest BCUT2D eigenvalue weighted by Gasteiger charge is 2.04. The van der Waals surface area contributed by atoms with Crippen molar-refractivity contribution < 1.29 is 9.53 Å². The Bertz CT molecular complexity index is 447. The van der Waals surface area contributed by atoms with Gasteiger partial charge in [-0.05, 0) is 42.2 Å². The van der Waals surface area contributed by atoms with Gasteiger partial charge in [-0.3, -0.25) is 0 Å². The van der Waals surface area contributed by atoms with Gasteiger partial charge >= 0.3 is 5.97 Å². The lowest BCUT2D eigenvalue weighted by atomic mass is 10.1. The summed E-state index contributed by atoms with van der Waals surface area (Å²) in [5, 5.41) is 3.20. The molecular formula is C13H16O2S. The zero-order chi connectivity index (χ0) is 12.2. The Balaban J connectivity index is 2.99. The van der Waals surface area contributed by atoms with E-state index in [9.17, 15) is 4.79 Å². The van der Waals surface area contributed by atoms with E-state index >= 15 is 0 Å². The molecule has 86 valence electrons. The first-order chi connectivity index (χ1) is 7.42. The highest BCUT2D eigenvalue weighted by atomic mass is 32.3. The summed E-state index contributed by atoms with van der Waals surface area (Å²) in [6, 6.07) is 7.18. The van der Waals surface area contributed by atoms with Crippen LogP contribution in [0.2, 0.25) is 0 Å². The second kappa shape index (κ2) is 5.09. The smallest absolute Gasteiger partial charge is 0.337 e. The van der Waals surface area contributed by atoms with E-state index in [2.05, 4.69) is 34.7 Å². The highest BCUT2D eigenvalue weighted by molar-refractivity contribution is 8.35. The third kappa shape index (κ3) is 4.00. The maximum atomic E-state index is 11.3. The first-order valence-corrected chi connectivity index (χ1v) is 7.67. The van der Waals surface area contributed by atoms with Crippen molar-refractivity contribution in [3.63, 3.8) is 0 Å².